The highest BCUT2D eigenvalue weighted by Crippen LogP contribution is 2.62. The molecule has 3 heterocycles. The third kappa shape index (κ3) is 1.10. The Balaban J connectivity index is 2.03. The van der Waals surface area contributed by atoms with E-state index in [0.717, 1.165) is 5.92 Å². The van der Waals surface area contributed by atoms with Crippen LogP contribution >= 0.6 is 11.8 Å². The molecule has 3 aliphatic rings. The second-order valence-corrected chi connectivity index (χ2v) is 7.19. The predicted molar refractivity (Wildman–Crippen MR) is 67.1 cm³/mol. The van der Waals surface area contributed by atoms with Gasteiger partial charge in [0.15, 0.2) is 0 Å². The van der Waals surface area contributed by atoms with E-state index < -0.39 is 0 Å². The summed E-state index contributed by atoms with van der Waals surface area (Å²) in [5.74, 6) is 2.04. The molecule has 3 fully saturated rings. The highest BCUT2D eigenvalue weighted by atomic mass is 32.2. The van der Waals surface area contributed by atoms with Crippen molar-refractivity contribution < 1.29 is 0 Å². The molecule has 3 rings (SSSR count). The monoisotopic (exact) mass is 223 g/mol. The molecule has 0 aliphatic carbocycles. The summed E-state index contributed by atoms with van der Waals surface area (Å²) in [4.78, 5) is 3.26. The molecule has 1 nitrogen and oxygen atoms in total. The maximum atomic E-state index is 4.37. The van der Waals surface area contributed by atoms with Crippen molar-refractivity contribution in [2.75, 3.05) is 12.3 Å². The van der Waals surface area contributed by atoms with Crippen molar-refractivity contribution in [3.63, 3.8) is 0 Å². The summed E-state index contributed by atoms with van der Waals surface area (Å²) in [7, 11) is 0. The summed E-state index contributed by atoms with van der Waals surface area (Å²) in [6, 6.07) is 0. The number of thioether (sulfide) groups is 1. The lowest BCUT2D eigenvalue weighted by Gasteiger charge is -2.48. The van der Waals surface area contributed by atoms with Crippen LogP contribution < -0.4 is 0 Å². The van der Waals surface area contributed by atoms with Crippen molar-refractivity contribution in [2.45, 2.75) is 49.9 Å². The second kappa shape index (κ2) is 3.04. The van der Waals surface area contributed by atoms with Crippen LogP contribution in [0.2, 0.25) is 0 Å². The van der Waals surface area contributed by atoms with Crippen LogP contribution in [0.3, 0.4) is 0 Å². The Labute approximate surface area is 97.3 Å². The normalized spacial score (nSPS) is 52.5. The van der Waals surface area contributed by atoms with Crippen molar-refractivity contribution >= 4 is 11.8 Å². The van der Waals surface area contributed by atoms with Crippen LogP contribution in [0.4, 0.5) is 0 Å². The summed E-state index contributed by atoms with van der Waals surface area (Å²) in [5.41, 5.74) is 2.02. The van der Waals surface area contributed by atoms with E-state index in [2.05, 4.69) is 37.1 Å². The van der Waals surface area contributed by atoms with Crippen LogP contribution in [0.25, 0.3) is 0 Å². The molecular formula is C13H21NS. The Morgan fingerprint density at radius 2 is 2.33 bits per heavy atom. The van der Waals surface area contributed by atoms with E-state index in [-0.39, 0.29) is 0 Å². The average molecular weight is 223 g/mol. The third-order valence-electron chi connectivity index (χ3n) is 4.93. The van der Waals surface area contributed by atoms with Gasteiger partial charge in [0, 0.05) is 12.1 Å². The number of nitrogens with zero attached hydrogens (tertiary/aromatic N) is 1. The molecule has 0 amide bonds. The van der Waals surface area contributed by atoms with E-state index in [1.165, 1.54) is 38.0 Å². The van der Waals surface area contributed by atoms with Gasteiger partial charge in [0.25, 0.3) is 0 Å². The van der Waals surface area contributed by atoms with Crippen molar-refractivity contribution in [1.82, 2.24) is 4.90 Å². The Hall–Kier alpha value is 0.0500. The molecule has 4 atom stereocenters. The second-order valence-electron chi connectivity index (χ2n) is 5.56. The molecule has 0 saturated carbocycles. The number of hydrogen-bond donors (Lipinski definition) is 0. The van der Waals surface area contributed by atoms with Gasteiger partial charge in [-0.15, -0.1) is 11.8 Å². The van der Waals surface area contributed by atoms with Crippen molar-refractivity contribution in [3.05, 3.63) is 12.2 Å². The Morgan fingerprint density at radius 1 is 1.53 bits per heavy atom. The number of rotatable bonds is 2. The van der Waals surface area contributed by atoms with E-state index in [0.29, 0.717) is 10.4 Å². The fraction of sp³-hybridized carbons (Fsp3) is 0.846. The van der Waals surface area contributed by atoms with Gasteiger partial charge < -0.3 is 0 Å². The first-order valence-electron chi connectivity index (χ1n) is 6.22. The van der Waals surface area contributed by atoms with Gasteiger partial charge >= 0.3 is 0 Å². The van der Waals surface area contributed by atoms with E-state index in [4.69, 9.17) is 0 Å². The van der Waals surface area contributed by atoms with E-state index in [1.807, 2.05) is 0 Å². The SMILES string of the molecule is C=C1C[C@@]2(SCC)CC[C@@]3(C)[C@H]1CCN23. The molecule has 3 saturated heterocycles. The van der Waals surface area contributed by atoms with Crippen LogP contribution in [0.1, 0.15) is 39.5 Å². The minimum atomic E-state index is 0.438. The zero-order chi connectivity index (χ0) is 10.7. The minimum absolute atomic E-state index is 0.438. The maximum absolute atomic E-state index is 4.37. The molecule has 0 spiro atoms. The molecule has 0 aromatic rings. The average Bonchev–Trinajstić information content (AvgIpc) is 2.54. The molecule has 84 valence electrons. The lowest BCUT2D eigenvalue weighted by Crippen LogP contribution is -2.53. The van der Waals surface area contributed by atoms with E-state index >= 15 is 0 Å². The first kappa shape index (κ1) is 10.2. The molecular weight excluding hydrogens is 202 g/mol. The standard InChI is InChI=1S/C13H21NS/c1-4-15-13-7-6-12(3)11(10(2)9-13)5-8-14(12)13/h11H,2,4-9H2,1,3H3/t11-,12-,13-/m0/s1. The lowest BCUT2D eigenvalue weighted by atomic mass is 9.79. The highest BCUT2D eigenvalue weighted by Gasteiger charge is 2.62. The van der Waals surface area contributed by atoms with Crippen molar-refractivity contribution in [1.29, 1.82) is 0 Å². The van der Waals surface area contributed by atoms with Crippen LogP contribution in [0, 0.1) is 5.92 Å². The van der Waals surface area contributed by atoms with Crippen LogP contribution in [-0.4, -0.2) is 27.6 Å². The van der Waals surface area contributed by atoms with Gasteiger partial charge in [-0.3, -0.25) is 4.90 Å². The Kier molecular flexibility index (Phi) is 2.07. The van der Waals surface area contributed by atoms with Crippen LogP contribution in [0.15, 0.2) is 12.2 Å². The van der Waals surface area contributed by atoms with Gasteiger partial charge in [-0.05, 0) is 44.3 Å². The fourth-order valence-electron chi connectivity index (χ4n) is 4.35. The summed E-state index contributed by atoms with van der Waals surface area (Å²) >= 11 is 2.17. The van der Waals surface area contributed by atoms with Crippen LogP contribution in [-0.2, 0) is 0 Å². The zero-order valence-corrected chi connectivity index (χ0v) is 10.7. The molecule has 15 heavy (non-hydrogen) atoms. The molecule has 2 heteroatoms. The molecule has 3 aliphatic heterocycles. The summed E-state index contributed by atoms with van der Waals surface area (Å²) < 4.78 is 0. The van der Waals surface area contributed by atoms with Crippen molar-refractivity contribution in [3.8, 4) is 0 Å². The molecule has 0 radical (unpaired) electrons. The molecule has 0 N–H and O–H groups in total. The number of piperidine rings is 1. The number of hydrogen-bond acceptors (Lipinski definition) is 2. The zero-order valence-electron chi connectivity index (χ0n) is 9.88. The van der Waals surface area contributed by atoms with E-state index in [1.54, 1.807) is 5.57 Å². The van der Waals surface area contributed by atoms with Crippen molar-refractivity contribution in [2.24, 2.45) is 5.92 Å². The topological polar surface area (TPSA) is 3.24 Å². The largest absolute Gasteiger partial charge is 0.283 e. The molecule has 0 aromatic carbocycles. The minimum Gasteiger partial charge on any atom is -0.283 e. The van der Waals surface area contributed by atoms with Gasteiger partial charge in [0.2, 0.25) is 0 Å². The predicted octanol–water partition coefficient (Wildman–Crippen LogP) is 3.27. The molecule has 1 unspecified atom stereocenters. The smallest absolute Gasteiger partial charge is 0.0712 e. The van der Waals surface area contributed by atoms with Crippen LogP contribution in [0.5, 0.6) is 0 Å². The Morgan fingerprint density at radius 3 is 3.07 bits per heavy atom. The summed E-state index contributed by atoms with van der Waals surface area (Å²) in [6.07, 6.45) is 5.40. The van der Waals surface area contributed by atoms with Gasteiger partial charge in [0.1, 0.15) is 0 Å². The molecule has 0 aromatic heterocycles. The van der Waals surface area contributed by atoms with E-state index in [9.17, 15) is 0 Å². The lowest BCUT2D eigenvalue weighted by molar-refractivity contribution is 0.102. The summed E-state index contributed by atoms with van der Waals surface area (Å²) in [5, 5.41) is 0. The molecule has 4 bridgehead atoms. The van der Waals surface area contributed by atoms with Gasteiger partial charge in [0.05, 0.1) is 4.87 Å². The van der Waals surface area contributed by atoms with Gasteiger partial charge in [-0.2, -0.15) is 0 Å². The highest BCUT2D eigenvalue weighted by molar-refractivity contribution is 8.00. The maximum Gasteiger partial charge on any atom is 0.0712 e. The fourth-order valence-corrected chi connectivity index (χ4v) is 5.88. The Bertz CT molecular complexity index is 314. The first-order valence-corrected chi connectivity index (χ1v) is 7.20. The van der Waals surface area contributed by atoms with Gasteiger partial charge in [-0.25, -0.2) is 0 Å². The first-order chi connectivity index (χ1) is 7.12. The summed E-state index contributed by atoms with van der Waals surface area (Å²) in [6.45, 7) is 10.4. The third-order valence-corrected chi connectivity index (χ3v) is 6.33. The quantitative estimate of drug-likeness (QED) is 0.661. The van der Waals surface area contributed by atoms with Gasteiger partial charge in [-0.1, -0.05) is 19.1 Å².